The topological polar surface area (TPSA) is 119 Å². The Bertz CT molecular complexity index is 1240. The normalized spacial score (nSPS) is 29.4. The standard InChI is InChI=1S/C26H30N6O2/c1-2-32-14-20(12-29-32)16-4-3-5-17(8-16)21-13-28-24(27)23(30-21)25(33)31-22-18-6-15-7-19(22)11-26(34,9-15)10-18/h3-5,8,12-15,18-19,22,34H,2,6-7,9-11H2,1H3,(H2,27,28)(H,31,33). The van der Waals surface area contributed by atoms with Gasteiger partial charge < -0.3 is 16.2 Å². The molecule has 1 amide bonds. The van der Waals surface area contributed by atoms with Crippen LogP contribution in [-0.4, -0.2) is 42.4 Å². The average Bonchev–Trinajstić information content (AvgIpc) is 3.30. The molecule has 7 rings (SSSR count). The van der Waals surface area contributed by atoms with Gasteiger partial charge in [0.05, 0.1) is 23.7 Å². The number of carbonyl (C=O) groups is 1. The van der Waals surface area contributed by atoms with Gasteiger partial charge in [-0.3, -0.25) is 9.48 Å². The van der Waals surface area contributed by atoms with E-state index in [1.165, 1.54) is 0 Å². The van der Waals surface area contributed by atoms with Crippen molar-refractivity contribution in [3.63, 3.8) is 0 Å². The van der Waals surface area contributed by atoms with Gasteiger partial charge in [-0.1, -0.05) is 18.2 Å². The first-order chi connectivity index (χ1) is 16.4. The average molecular weight is 459 g/mol. The first-order valence-corrected chi connectivity index (χ1v) is 12.2. The number of aliphatic hydroxyl groups is 1. The highest BCUT2D eigenvalue weighted by atomic mass is 16.3. The Kier molecular flexibility index (Phi) is 4.95. The molecule has 4 saturated carbocycles. The number of benzene rings is 1. The zero-order valence-electron chi connectivity index (χ0n) is 19.3. The molecule has 8 heteroatoms. The number of hydrogen-bond donors (Lipinski definition) is 3. The summed E-state index contributed by atoms with van der Waals surface area (Å²) in [6, 6.07) is 8.03. The molecule has 1 aromatic carbocycles. The number of nitrogens with two attached hydrogens (primary N) is 1. The molecular formula is C26H30N6O2. The molecular weight excluding hydrogens is 428 g/mol. The Labute approximate surface area is 198 Å². The molecule has 4 bridgehead atoms. The molecule has 0 radical (unpaired) electrons. The number of carbonyl (C=O) groups excluding carboxylic acids is 1. The van der Waals surface area contributed by atoms with Gasteiger partial charge in [0.1, 0.15) is 0 Å². The Morgan fingerprint density at radius 3 is 2.65 bits per heavy atom. The summed E-state index contributed by atoms with van der Waals surface area (Å²) in [5, 5.41) is 18.4. The number of nitrogen functional groups attached to an aromatic ring is 1. The fourth-order valence-electron chi connectivity index (χ4n) is 6.69. The van der Waals surface area contributed by atoms with Gasteiger partial charge in [0.15, 0.2) is 11.5 Å². The lowest BCUT2D eigenvalue weighted by Crippen LogP contribution is -2.61. The van der Waals surface area contributed by atoms with Crippen molar-refractivity contribution in [3.8, 4) is 22.4 Å². The molecule has 2 unspecified atom stereocenters. The van der Waals surface area contributed by atoms with E-state index < -0.39 is 5.60 Å². The van der Waals surface area contributed by atoms with Crippen molar-refractivity contribution >= 4 is 11.7 Å². The molecule has 4 N–H and O–H groups in total. The number of aryl methyl sites for hydroxylation is 1. The molecule has 2 atom stereocenters. The summed E-state index contributed by atoms with van der Waals surface area (Å²) in [4.78, 5) is 22.2. The van der Waals surface area contributed by atoms with Gasteiger partial charge in [0, 0.05) is 29.9 Å². The molecule has 4 aliphatic rings. The largest absolute Gasteiger partial charge is 0.390 e. The summed E-state index contributed by atoms with van der Waals surface area (Å²) >= 11 is 0. The molecule has 8 nitrogen and oxygen atoms in total. The van der Waals surface area contributed by atoms with Gasteiger partial charge in [0.2, 0.25) is 0 Å². The monoisotopic (exact) mass is 458 g/mol. The van der Waals surface area contributed by atoms with Crippen molar-refractivity contribution in [1.29, 1.82) is 0 Å². The minimum Gasteiger partial charge on any atom is -0.390 e. The maximum Gasteiger partial charge on any atom is 0.273 e. The lowest BCUT2D eigenvalue weighted by molar-refractivity contribution is -0.136. The quantitative estimate of drug-likeness (QED) is 0.540. The molecule has 3 aromatic rings. The summed E-state index contributed by atoms with van der Waals surface area (Å²) in [6.07, 6.45) is 10.1. The molecule has 4 aliphatic carbocycles. The lowest BCUT2D eigenvalue weighted by Gasteiger charge is -2.58. The van der Waals surface area contributed by atoms with E-state index >= 15 is 0 Å². The van der Waals surface area contributed by atoms with Crippen LogP contribution in [-0.2, 0) is 6.54 Å². The molecule has 4 fully saturated rings. The van der Waals surface area contributed by atoms with E-state index in [9.17, 15) is 9.90 Å². The fraction of sp³-hybridized carbons (Fsp3) is 0.462. The third kappa shape index (κ3) is 3.66. The summed E-state index contributed by atoms with van der Waals surface area (Å²) in [7, 11) is 0. The third-order valence-electron chi connectivity index (χ3n) is 8.00. The van der Waals surface area contributed by atoms with Crippen LogP contribution in [0.3, 0.4) is 0 Å². The molecule has 2 aromatic heterocycles. The smallest absolute Gasteiger partial charge is 0.273 e. The van der Waals surface area contributed by atoms with Crippen LogP contribution in [0.2, 0.25) is 0 Å². The van der Waals surface area contributed by atoms with Crippen molar-refractivity contribution in [2.24, 2.45) is 17.8 Å². The van der Waals surface area contributed by atoms with Crippen molar-refractivity contribution in [2.75, 3.05) is 5.73 Å². The second-order valence-corrected chi connectivity index (χ2v) is 10.3. The molecule has 0 saturated heterocycles. The van der Waals surface area contributed by atoms with Crippen LogP contribution in [0, 0.1) is 17.8 Å². The minimum atomic E-state index is -0.533. The second-order valence-electron chi connectivity index (χ2n) is 10.3. The van der Waals surface area contributed by atoms with Gasteiger partial charge in [-0.05, 0) is 68.4 Å². The number of rotatable bonds is 5. The summed E-state index contributed by atoms with van der Waals surface area (Å²) in [5.74, 6) is 1.07. The summed E-state index contributed by atoms with van der Waals surface area (Å²) in [5.41, 5.74) is 9.23. The SMILES string of the molecule is CCn1cc(-c2cccc(-c3cnc(N)c(C(=O)NC4C5CC6CC4CC(O)(C6)C5)n3)c2)cn1. The zero-order chi connectivity index (χ0) is 23.4. The van der Waals surface area contributed by atoms with Crippen LogP contribution in [0.5, 0.6) is 0 Å². The van der Waals surface area contributed by atoms with E-state index in [1.807, 2.05) is 41.3 Å². The molecule has 176 valence electrons. The highest BCUT2D eigenvalue weighted by Crippen LogP contribution is 2.55. The van der Waals surface area contributed by atoms with Crippen molar-refractivity contribution < 1.29 is 9.90 Å². The van der Waals surface area contributed by atoms with Crippen molar-refractivity contribution in [2.45, 2.75) is 57.2 Å². The van der Waals surface area contributed by atoms with E-state index in [-0.39, 0.29) is 23.5 Å². The maximum atomic E-state index is 13.3. The molecule has 34 heavy (non-hydrogen) atoms. The first kappa shape index (κ1) is 21.3. The van der Waals surface area contributed by atoms with Gasteiger partial charge in [-0.15, -0.1) is 0 Å². The van der Waals surface area contributed by atoms with E-state index in [0.29, 0.717) is 23.4 Å². The number of hydrogen-bond acceptors (Lipinski definition) is 6. The number of nitrogens with zero attached hydrogens (tertiary/aromatic N) is 4. The van der Waals surface area contributed by atoms with Crippen LogP contribution in [0.15, 0.2) is 42.9 Å². The van der Waals surface area contributed by atoms with Crippen molar-refractivity contribution in [1.82, 2.24) is 25.1 Å². The first-order valence-electron chi connectivity index (χ1n) is 12.2. The minimum absolute atomic E-state index is 0.0626. The van der Waals surface area contributed by atoms with E-state index in [1.54, 1.807) is 6.20 Å². The Hall–Kier alpha value is -3.26. The van der Waals surface area contributed by atoms with Crippen LogP contribution < -0.4 is 11.1 Å². The van der Waals surface area contributed by atoms with E-state index in [0.717, 1.165) is 55.3 Å². The second kappa shape index (κ2) is 7.91. The Morgan fingerprint density at radius 2 is 1.94 bits per heavy atom. The summed E-state index contributed by atoms with van der Waals surface area (Å²) < 4.78 is 1.89. The molecule has 0 spiro atoms. The predicted molar refractivity (Wildman–Crippen MR) is 129 cm³/mol. The molecule has 0 aliphatic heterocycles. The van der Waals surface area contributed by atoms with Crippen LogP contribution in [0.4, 0.5) is 5.82 Å². The van der Waals surface area contributed by atoms with Gasteiger partial charge in [-0.25, -0.2) is 9.97 Å². The lowest BCUT2D eigenvalue weighted by atomic mass is 9.52. The van der Waals surface area contributed by atoms with Gasteiger partial charge >= 0.3 is 0 Å². The van der Waals surface area contributed by atoms with Crippen molar-refractivity contribution in [3.05, 3.63) is 48.5 Å². The maximum absolute atomic E-state index is 13.3. The van der Waals surface area contributed by atoms with Gasteiger partial charge in [-0.2, -0.15) is 5.10 Å². The Morgan fingerprint density at radius 1 is 1.18 bits per heavy atom. The zero-order valence-corrected chi connectivity index (χ0v) is 19.3. The van der Waals surface area contributed by atoms with E-state index in [4.69, 9.17) is 5.73 Å². The fourth-order valence-corrected chi connectivity index (χ4v) is 6.69. The Balaban J connectivity index is 1.25. The van der Waals surface area contributed by atoms with Crippen LogP contribution in [0.25, 0.3) is 22.4 Å². The third-order valence-corrected chi connectivity index (χ3v) is 8.00. The highest BCUT2D eigenvalue weighted by Gasteiger charge is 2.55. The number of nitrogens with one attached hydrogen (secondary N) is 1. The van der Waals surface area contributed by atoms with Gasteiger partial charge in [0.25, 0.3) is 5.91 Å². The van der Waals surface area contributed by atoms with E-state index in [2.05, 4.69) is 27.3 Å². The number of amides is 1. The summed E-state index contributed by atoms with van der Waals surface area (Å²) in [6.45, 7) is 2.86. The van der Waals surface area contributed by atoms with Crippen LogP contribution in [0.1, 0.15) is 49.5 Å². The van der Waals surface area contributed by atoms with Crippen LogP contribution >= 0.6 is 0 Å². The molecule has 2 heterocycles. The highest BCUT2D eigenvalue weighted by molar-refractivity contribution is 5.97. The predicted octanol–water partition coefficient (Wildman–Crippen LogP) is 3.28. The number of aromatic nitrogens is 4. The number of anilines is 1.